The van der Waals surface area contributed by atoms with Crippen molar-refractivity contribution in [2.24, 2.45) is 0 Å². The Morgan fingerprint density at radius 1 is 1.17 bits per heavy atom. The van der Waals surface area contributed by atoms with Gasteiger partial charge in [-0.25, -0.2) is 4.98 Å². The number of aromatic amines is 1. The molecule has 0 radical (unpaired) electrons. The summed E-state index contributed by atoms with van der Waals surface area (Å²) in [7, 11) is 0. The Morgan fingerprint density at radius 3 is 2.59 bits per heavy atom. The Hall–Kier alpha value is -2.22. The Labute approximate surface area is 172 Å². The molecule has 0 bridgehead atoms. The number of nitrogens with zero attached hydrogens (tertiary/aromatic N) is 4. The first kappa shape index (κ1) is 20.1. The molecule has 2 saturated heterocycles. The molecule has 0 unspecified atom stereocenters. The fourth-order valence-electron chi connectivity index (χ4n) is 4.45. The van der Waals surface area contributed by atoms with Crippen LogP contribution in [-0.2, 0) is 6.42 Å². The molecule has 7 nitrogen and oxygen atoms in total. The summed E-state index contributed by atoms with van der Waals surface area (Å²) < 4.78 is 0. The fraction of sp³-hybridized carbons (Fsp3) is 0.545. The van der Waals surface area contributed by atoms with Crippen molar-refractivity contribution in [2.75, 3.05) is 45.8 Å². The first-order valence-electron chi connectivity index (χ1n) is 10.6. The van der Waals surface area contributed by atoms with Gasteiger partial charge in [-0.05, 0) is 25.3 Å². The van der Waals surface area contributed by atoms with Crippen molar-refractivity contribution in [3.63, 3.8) is 0 Å². The summed E-state index contributed by atoms with van der Waals surface area (Å²) in [6.45, 7) is 8.00. The second-order valence-corrected chi connectivity index (χ2v) is 8.20. The zero-order valence-electron chi connectivity index (χ0n) is 17.1. The van der Waals surface area contributed by atoms with E-state index in [2.05, 4.69) is 50.1 Å². The topological polar surface area (TPSA) is 75.7 Å². The number of benzene rings is 1. The van der Waals surface area contributed by atoms with Gasteiger partial charge in [0.25, 0.3) is 5.91 Å². The van der Waals surface area contributed by atoms with Gasteiger partial charge in [0.05, 0.1) is 6.10 Å². The average molecular weight is 398 g/mol. The third-order valence-corrected chi connectivity index (χ3v) is 6.17. The number of nitrogens with one attached hydrogen (secondary N) is 1. The molecule has 2 aliphatic heterocycles. The number of likely N-dealkylation sites (tertiary alicyclic amines) is 1. The number of amides is 1. The van der Waals surface area contributed by atoms with Gasteiger partial charge in [0, 0.05) is 63.7 Å². The van der Waals surface area contributed by atoms with Crippen LogP contribution in [0.1, 0.15) is 28.3 Å². The average Bonchev–Trinajstić information content (AvgIpc) is 3.19. The maximum Gasteiger partial charge on any atom is 0.289 e. The van der Waals surface area contributed by atoms with Crippen molar-refractivity contribution in [1.82, 2.24) is 24.7 Å². The highest BCUT2D eigenvalue weighted by Crippen LogP contribution is 2.20. The number of β-amino-alcohol motifs (C(OH)–C–C–N with tert-alkyl or cyclic N) is 1. The highest BCUT2D eigenvalue weighted by molar-refractivity contribution is 5.90. The van der Waals surface area contributed by atoms with Crippen LogP contribution < -0.4 is 0 Å². The van der Waals surface area contributed by atoms with Crippen molar-refractivity contribution >= 4 is 5.91 Å². The van der Waals surface area contributed by atoms with Crippen LogP contribution >= 0.6 is 0 Å². The van der Waals surface area contributed by atoms with Gasteiger partial charge in [-0.3, -0.25) is 9.69 Å². The van der Waals surface area contributed by atoms with Gasteiger partial charge in [-0.1, -0.05) is 30.3 Å². The molecule has 1 aromatic heterocycles. The number of aromatic nitrogens is 2. The number of aliphatic hydroxyl groups excluding tert-OH is 1. The molecule has 2 N–H and O–H groups in total. The maximum atomic E-state index is 12.6. The molecule has 1 aromatic carbocycles. The lowest BCUT2D eigenvalue weighted by atomic mass is 9.99. The number of hydrogen-bond acceptors (Lipinski definition) is 5. The van der Waals surface area contributed by atoms with Crippen LogP contribution in [0.25, 0.3) is 0 Å². The monoisotopic (exact) mass is 397 g/mol. The summed E-state index contributed by atoms with van der Waals surface area (Å²) in [5.74, 6) is 0.238. The van der Waals surface area contributed by atoms with Crippen LogP contribution in [0.4, 0.5) is 0 Å². The van der Waals surface area contributed by atoms with E-state index in [9.17, 15) is 9.90 Å². The molecule has 3 heterocycles. The maximum absolute atomic E-state index is 12.6. The van der Waals surface area contributed by atoms with Crippen molar-refractivity contribution in [2.45, 2.75) is 31.9 Å². The molecule has 2 aromatic rings. The number of piperidine rings is 1. The molecule has 2 atom stereocenters. The second kappa shape index (κ2) is 9.07. The normalized spacial score (nSPS) is 24.0. The Bertz CT molecular complexity index is 801. The van der Waals surface area contributed by atoms with Gasteiger partial charge in [-0.2, -0.15) is 0 Å². The molecule has 4 rings (SSSR count). The largest absolute Gasteiger partial charge is 0.390 e. The lowest BCUT2D eigenvalue weighted by molar-refractivity contribution is -0.0244. The summed E-state index contributed by atoms with van der Waals surface area (Å²) in [5.41, 5.74) is 2.25. The number of piperazine rings is 1. The predicted molar refractivity (Wildman–Crippen MR) is 112 cm³/mol. The molecular formula is C22H31N5O2. The van der Waals surface area contributed by atoms with E-state index in [0.29, 0.717) is 18.9 Å². The molecule has 0 saturated carbocycles. The lowest BCUT2D eigenvalue weighted by Crippen LogP contribution is -2.59. The molecule has 7 heteroatoms. The first-order chi connectivity index (χ1) is 14.1. The molecule has 1 amide bonds. The zero-order chi connectivity index (χ0) is 20.2. The van der Waals surface area contributed by atoms with Gasteiger partial charge in [0.15, 0.2) is 5.82 Å². The Morgan fingerprint density at radius 2 is 1.93 bits per heavy atom. The summed E-state index contributed by atoms with van der Waals surface area (Å²) >= 11 is 0. The van der Waals surface area contributed by atoms with Gasteiger partial charge in [0.2, 0.25) is 0 Å². The Kier molecular flexibility index (Phi) is 6.28. The van der Waals surface area contributed by atoms with Crippen LogP contribution in [0.5, 0.6) is 0 Å². The van der Waals surface area contributed by atoms with E-state index in [1.54, 1.807) is 11.1 Å². The molecule has 156 valence electrons. The summed E-state index contributed by atoms with van der Waals surface area (Å²) in [4.78, 5) is 26.3. The number of carbonyl (C=O) groups excluding carboxylic acids is 1. The molecule has 0 aliphatic carbocycles. The van der Waals surface area contributed by atoms with Crippen molar-refractivity contribution in [1.29, 1.82) is 0 Å². The van der Waals surface area contributed by atoms with Gasteiger partial charge < -0.3 is 19.9 Å². The van der Waals surface area contributed by atoms with Gasteiger partial charge >= 0.3 is 0 Å². The molecule has 2 aliphatic rings. The molecule has 29 heavy (non-hydrogen) atoms. The number of imidazole rings is 1. The van der Waals surface area contributed by atoms with Crippen LogP contribution in [-0.4, -0.2) is 93.6 Å². The van der Waals surface area contributed by atoms with Crippen molar-refractivity contribution in [3.8, 4) is 0 Å². The Balaban J connectivity index is 1.24. The van der Waals surface area contributed by atoms with Crippen molar-refractivity contribution < 1.29 is 9.90 Å². The molecule has 0 spiro atoms. The molecular weight excluding hydrogens is 366 g/mol. The minimum absolute atomic E-state index is 0.124. The van der Waals surface area contributed by atoms with E-state index in [4.69, 9.17) is 0 Å². The minimum Gasteiger partial charge on any atom is -0.390 e. The van der Waals surface area contributed by atoms with Crippen LogP contribution in [0.2, 0.25) is 0 Å². The van der Waals surface area contributed by atoms with Crippen LogP contribution in [0.15, 0.2) is 36.5 Å². The number of H-pyrrole nitrogens is 1. The quantitative estimate of drug-likeness (QED) is 0.792. The SMILES string of the molecule is Cc1cnc(C(=O)N2CC[C@@H](N3CCN(CCc4ccccc4)CC3)[C@H](O)C2)[nH]1. The standard InChI is InChI=1S/C22H31N5O2/c1-17-15-23-21(24-17)22(29)27-10-8-19(20(28)16-27)26-13-11-25(12-14-26)9-7-18-5-3-2-4-6-18/h2-6,15,19-20,28H,7-14,16H2,1H3,(H,23,24)/t19-,20-/m1/s1. The highest BCUT2D eigenvalue weighted by atomic mass is 16.3. The highest BCUT2D eigenvalue weighted by Gasteiger charge is 2.35. The van der Waals surface area contributed by atoms with Gasteiger partial charge in [0.1, 0.15) is 0 Å². The number of carbonyl (C=O) groups is 1. The van der Waals surface area contributed by atoms with E-state index in [1.807, 2.05) is 6.92 Å². The number of aliphatic hydroxyl groups is 1. The van der Waals surface area contributed by atoms with E-state index in [1.165, 1.54) is 5.56 Å². The van der Waals surface area contributed by atoms with Crippen LogP contribution in [0, 0.1) is 6.92 Å². The molecule has 2 fully saturated rings. The van der Waals surface area contributed by atoms with E-state index >= 15 is 0 Å². The summed E-state index contributed by atoms with van der Waals surface area (Å²) in [6, 6.07) is 10.8. The predicted octanol–water partition coefficient (Wildman–Crippen LogP) is 1.15. The first-order valence-corrected chi connectivity index (χ1v) is 10.6. The summed E-state index contributed by atoms with van der Waals surface area (Å²) in [5, 5.41) is 10.7. The summed E-state index contributed by atoms with van der Waals surface area (Å²) in [6.07, 6.45) is 3.03. The van der Waals surface area contributed by atoms with Crippen molar-refractivity contribution in [3.05, 3.63) is 53.6 Å². The third-order valence-electron chi connectivity index (χ3n) is 6.17. The third kappa shape index (κ3) is 4.86. The zero-order valence-corrected chi connectivity index (χ0v) is 17.1. The number of hydrogen-bond donors (Lipinski definition) is 2. The van der Waals surface area contributed by atoms with E-state index < -0.39 is 6.10 Å². The lowest BCUT2D eigenvalue weighted by Gasteiger charge is -2.45. The number of rotatable bonds is 5. The van der Waals surface area contributed by atoms with Crippen LogP contribution in [0.3, 0.4) is 0 Å². The smallest absolute Gasteiger partial charge is 0.289 e. The fourth-order valence-corrected chi connectivity index (χ4v) is 4.45. The van der Waals surface area contributed by atoms with E-state index in [-0.39, 0.29) is 11.9 Å². The van der Waals surface area contributed by atoms with E-state index in [0.717, 1.165) is 51.3 Å². The van der Waals surface area contributed by atoms with Gasteiger partial charge in [-0.15, -0.1) is 0 Å². The second-order valence-electron chi connectivity index (χ2n) is 8.20. The number of aryl methyl sites for hydroxylation is 1. The minimum atomic E-state index is -0.514.